The molecule has 0 aliphatic rings. The van der Waals surface area contributed by atoms with Crippen LogP contribution in [0.15, 0.2) is 35.1 Å². The summed E-state index contributed by atoms with van der Waals surface area (Å²) < 4.78 is 2.92. The minimum atomic E-state index is 0.100. The lowest BCUT2D eigenvalue weighted by Gasteiger charge is -2.00. The first-order chi connectivity index (χ1) is 9.22. The third-order valence-electron chi connectivity index (χ3n) is 3.27. The van der Waals surface area contributed by atoms with Gasteiger partial charge < -0.3 is 14.7 Å². The lowest BCUT2D eigenvalue weighted by molar-refractivity contribution is 0.298. The number of benzene rings is 1. The molecule has 2 heterocycles. The number of aromatic amines is 1. The van der Waals surface area contributed by atoms with Gasteiger partial charge in [-0.25, -0.2) is 4.98 Å². The summed E-state index contributed by atoms with van der Waals surface area (Å²) in [6, 6.07) is 8.15. The van der Waals surface area contributed by atoms with E-state index >= 15 is 0 Å². The van der Waals surface area contributed by atoms with Gasteiger partial charge in [-0.2, -0.15) is 0 Å². The Hall–Kier alpha value is -1.59. The zero-order valence-electron chi connectivity index (χ0n) is 10.5. The van der Waals surface area contributed by atoms with Crippen LogP contribution in [0.1, 0.15) is 5.69 Å². The Bertz CT molecular complexity index is 729. The maximum atomic E-state index is 9.07. The van der Waals surface area contributed by atoms with Gasteiger partial charge >= 0.3 is 0 Å². The standard InChI is InChI=1S/C14H14BrN3O/c1-18-13(15)12(6-7-19)17-14(18)10-8-16-11-5-3-2-4-9(10)11/h2-5,8,16,19H,6-7H2,1H3. The number of halogens is 1. The fraction of sp³-hybridized carbons (Fsp3) is 0.214. The molecular weight excluding hydrogens is 306 g/mol. The quantitative estimate of drug-likeness (QED) is 0.780. The van der Waals surface area contributed by atoms with Gasteiger partial charge in [0.1, 0.15) is 10.4 Å². The molecule has 5 heteroatoms. The molecule has 4 nitrogen and oxygen atoms in total. The average Bonchev–Trinajstić information content (AvgIpc) is 2.96. The van der Waals surface area contributed by atoms with Crippen LogP contribution in [0.3, 0.4) is 0 Å². The number of H-pyrrole nitrogens is 1. The van der Waals surface area contributed by atoms with E-state index in [-0.39, 0.29) is 6.61 Å². The number of imidazole rings is 1. The Morgan fingerprint density at radius 3 is 2.95 bits per heavy atom. The van der Waals surface area contributed by atoms with Crippen LogP contribution in [0.5, 0.6) is 0 Å². The maximum absolute atomic E-state index is 9.07. The number of hydrogen-bond donors (Lipinski definition) is 2. The Morgan fingerprint density at radius 1 is 1.37 bits per heavy atom. The van der Waals surface area contributed by atoms with Crippen molar-refractivity contribution in [2.24, 2.45) is 7.05 Å². The fourth-order valence-corrected chi connectivity index (χ4v) is 2.75. The Balaban J connectivity index is 2.19. The van der Waals surface area contributed by atoms with E-state index in [1.165, 1.54) is 0 Å². The number of aliphatic hydroxyl groups is 1. The summed E-state index contributed by atoms with van der Waals surface area (Å²) in [6.45, 7) is 0.100. The van der Waals surface area contributed by atoms with Gasteiger partial charge in [0.2, 0.25) is 0 Å². The van der Waals surface area contributed by atoms with Gasteiger partial charge in [-0.15, -0.1) is 0 Å². The van der Waals surface area contributed by atoms with Crippen molar-refractivity contribution >= 4 is 26.8 Å². The van der Waals surface area contributed by atoms with Crippen molar-refractivity contribution in [3.05, 3.63) is 40.8 Å². The van der Waals surface area contributed by atoms with E-state index in [0.29, 0.717) is 6.42 Å². The number of fused-ring (bicyclic) bond motifs is 1. The van der Waals surface area contributed by atoms with Crippen molar-refractivity contribution in [1.29, 1.82) is 0 Å². The lowest BCUT2D eigenvalue weighted by atomic mass is 10.1. The molecule has 19 heavy (non-hydrogen) atoms. The monoisotopic (exact) mass is 319 g/mol. The Labute approximate surface area is 119 Å². The molecule has 2 N–H and O–H groups in total. The predicted molar refractivity (Wildman–Crippen MR) is 79.0 cm³/mol. The first kappa shape index (κ1) is 12.4. The van der Waals surface area contributed by atoms with Crippen molar-refractivity contribution in [2.45, 2.75) is 6.42 Å². The molecule has 0 aliphatic carbocycles. The summed E-state index contributed by atoms with van der Waals surface area (Å²) in [4.78, 5) is 7.88. The van der Waals surface area contributed by atoms with Crippen LogP contribution in [0, 0.1) is 0 Å². The number of aliphatic hydroxyl groups excluding tert-OH is 1. The van der Waals surface area contributed by atoms with E-state index in [1.807, 2.05) is 36.0 Å². The second kappa shape index (κ2) is 4.83. The second-order valence-electron chi connectivity index (χ2n) is 4.45. The van der Waals surface area contributed by atoms with Gasteiger partial charge in [0.15, 0.2) is 0 Å². The van der Waals surface area contributed by atoms with Gasteiger partial charge in [0.05, 0.1) is 5.69 Å². The van der Waals surface area contributed by atoms with Crippen molar-refractivity contribution < 1.29 is 5.11 Å². The van der Waals surface area contributed by atoms with E-state index in [1.54, 1.807) is 0 Å². The highest BCUT2D eigenvalue weighted by Gasteiger charge is 2.16. The second-order valence-corrected chi connectivity index (χ2v) is 5.20. The molecule has 0 amide bonds. The molecule has 2 aromatic heterocycles. The molecule has 3 aromatic rings. The number of hydrogen-bond acceptors (Lipinski definition) is 2. The Kier molecular flexibility index (Phi) is 3.16. The van der Waals surface area contributed by atoms with Crippen LogP contribution < -0.4 is 0 Å². The zero-order chi connectivity index (χ0) is 13.4. The van der Waals surface area contributed by atoms with Crippen molar-refractivity contribution in [2.75, 3.05) is 6.61 Å². The van der Waals surface area contributed by atoms with Gasteiger partial charge in [-0.1, -0.05) is 18.2 Å². The van der Waals surface area contributed by atoms with E-state index in [9.17, 15) is 0 Å². The van der Waals surface area contributed by atoms with Crippen LogP contribution in [0.25, 0.3) is 22.3 Å². The van der Waals surface area contributed by atoms with Gasteiger partial charge in [0, 0.05) is 42.7 Å². The number of para-hydroxylation sites is 1. The molecule has 0 spiro atoms. The molecule has 1 aromatic carbocycles. The third-order valence-corrected chi connectivity index (χ3v) is 4.26. The maximum Gasteiger partial charge on any atom is 0.143 e. The topological polar surface area (TPSA) is 53.8 Å². The largest absolute Gasteiger partial charge is 0.396 e. The molecular formula is C14H14BrN3O. The average molecular weight is 320 g/mol. The number of aromatic nitrogens is 3. The summed E-state index contributed by atoms with van der Waals surface area (Å²) >= 11 is 3.53. The van der Waals surface area contributed by atoms with Crippen LogP contribution in [-0.4, -0.2) is 26.2 Å². The normalized spacial score (nSPS) is 11.3. The molecule has 0 aliphatic heterocycles. The predicted octanol–water partition coefficient (Wildman–Crippen LogP) is 2.87. The van der Waals surface area contributed by atoms with Gasteiger partial charge in [-0.05, 0) is 22.0 Å². The smallest absolute Gasteiger partial charge is 0.143 e. The molecule has 0 atom stereocenters. The molecule has 3 rings (SSSR count). The zero-order valence-corrected chi connectivity index (χ0v) is 12.1. The fourth-order valence-electron chi connectivity index (χ4n) is 2.30. The van der Waals surface area contributed by atoms with Crippen LogP contribution in [0.2, 0.25) is 0 Å². The highest BCUT2D eigenvalue weighted by atomic mass is 79.9. The summed E-state index contributed by atoms with van der Waals surface area (Å²) in [5.41, 5.74) is 3.05. The molecule has 0 unspecified atom stereocenters. The van der Waals surface area contributed by atoms with Gasteiger partial charge in [-0.3, -0.25) is 0 Å². The van der Waals surface area contributed by atoms with E-state index < -0.39 is 0 Å². The number of nitrogens with one attached hydrogen (secondary N) is 1. The van der Waals surface area contributed by atoms with E-state index in [0.717, 1.165) is 32.6 Å². The molecule has 0 radical (unpaired) electrons. The third kappa shape index (κ3) is 1.99. The number of rotatable bonds is 3. The van der Waals surface area contributed by atoms with E-state index in [4.69, 9.17) is 5.11 Å². The first-order valence-corrected chi connectivity index (χ1v) is 6.90. The summed E-state index contributed by atoms with van der Waals surface area (Å²) in [5.74, 6) is 0.896. The van der Waals surface area contributed by atoms with Crippen molar-refractivity contribution in [1.82, 2.24) is 14.5 Å². The van der Waals surface area contributed by atoms with Crippen molar-refractivity contribution in [3.63, 3.8) is 0 Å². The summed E-state index contributed by atoms with van der Waals surface area (Å²) in [6.07, 6.45) is 2.53. The van der Waals surface area contributed by atoms with Crippen molar-refractivity contribution in [3.8, 4) is 11.4 Å². The molecule has 98 valence electrons. The highest BCUT2D eigenvalue weighted by Crippen LogP contribution is 2.30. The SMILES string of the molecule is Cn1c(-c2c[nH]c3ccccc23)nc(CCO)c1Br. The first-order valence-electron chi connectivity index (χ1n) is 6.11. The minimum absolute atomic E-state index is 0.100. The summed E-state index contributed by atoms with van der Waals surface area (Å²) in [5, 5.41) is 10.2. The van der Waals surface area contributed by atoms with Crippen LogP contribution in [0.4, 0.5) is 0 Å². The highest BCUT2D eigenvalue weighted by molar-refractivity contribution is 9.10. The number of nitrogens with zero attached hydrogens (tertiary/aromatic N) is 2. The van der Waals surface area contributed by atoms with Crippen LogP contribution in [-0.2, 0) is 13.5 Å². The lowest BCUT2D eigenvalue weighted by Crippen LogP contribution is -1.93. The van der Waals surface area contributed by atoms with Gasteiger partial charge in [0.25, 0.3) is 0 Å². The molecule has 0 fully saturated rings. The Morgan fingerprint density at radius 2 is 2.16 bits per heavy atom. The molecule has 0 bridgehead atoms. The summed E-state index contributed by atoms with van der Waals surface area (Å²) in [7, 11) is 1.97. The molecule has 0 saturated heterocycles. The van der Waals surface area contributed by atoms with Crippen LogP contribution >= 0.6 is 15.9 Å². The van der Waals surface area contributed by atoms with E-state index in [2.05, 4.69) is 32.0 Å². The molecule has 0 saturated carbocycles. The minimum Gasteiger partial charge on any atom is -0.396 e.